The Hall–Kier alpha value is -1.59. The van der Waals surface area contributed by atoms with E-state index in [1.54, 1.807) is 6.07 Å². The first-order valence-corrected chi connectivity index (χ1v) is 14.4. The summed E-state index contributed by atoms with van der Waals surface area (Å²) in [7, 11) is 0. The molecule has 0 aromatic heterocycles. The van der Waals surface area contributed by atoms with Crippen molar-refractivity contribution in [3.8, 4) is 0 Å². The predicted octanol–water partition coefficient (Wildman–Crippen LogP) is 8.19. The van der Waals surface area contributed by atoms with Gasteiger partial charge in [0.15, 0.2) is 0 Å². The fourth-order valence-electron chi connectivity index (χ4n) is 6.43. The zero-order valence-electron chi connectivity index (χ0n) is 22.2. The zero-order valence-corrected chi connectivity index (χ0v) is 22.2. The molecular weight excluding hydrogens is 455 g/mol. The highest BCUT2D eigenvalue weighted by atomic mass is 19.1. The first kappa shape index (κ1) is 27.4. The van der Waals surface area contributed by atoms with Gasteiger partial charge < -0.3 is 4.74 Å². The van der Waals surface area contributed by atoms with Gasteiger partial charge in [0.25, 0.3) is 0 Å². The average molecular weight is 501 g/mol. The van der Waals surface area contributed by atoms with Gasteiger partial charge >= 0.3 is 5.97 Å². The molecule has 0 atom stereocenters. The molecule has 3 saturated carbocycles. The van der Waals surface area contributed by atoms with Crippen molar-refractivity contribution >= 4 is 5.97 Å². The van der Waals surface area contributed by atoms with E-state index in [4.69, 9.17) is 14.5 Å². The topological polar surface area (TPSA) is 44.8 Å². The quantitative estimate of drug-likeness (QED) is 0.107. The molecule has 0 radical (unpaired) electrons. The van der Waals surface area contributed by atoms with E-state index >= 15 is 0 Å². The highest BCUT2D eigenvalue weighted by Gasteiger charge is 2.30. The summed E-state index contributed by atoms with van der Waals surface area (Å²) in [6, 6.07) is 4.50. The van der Waals surface area contributed by atoms with Gasteiger partial charge in [-0.25, -0.2) is 19.0 Å². The minimum atomic E-state index is -0.589. The number of hydrogen-bond donors (Lipinski definition) is 0. The summed E-state index contributed by atoms with van der Waals surface area (Å²) >= 11 is 0. The molecule has 0 N–H and O–H groups in total. The van der Waals surface area contributed by atoms with E-state index in [0.717, 1.165) is 62.2 Å². The van der Waals surface area contributed by atoms with E-state index in [1.165, 1.54) is 69.4 Å². The van der Waals surface area contributed by atoms with Crippen molar-refractivity contribution in [1.29, 1.82) is 0 Å². The van der Waals surface area contributed by atoms with E-state index in [-0.39, 0.29) is 18.3 Å². The number of halogens is 1. The fraction of sp³-hybridized carbons (Fsp3) is 0.710. The summed E-state index contributed by atoms with van der Waals surface area (Å²) in [5.41, 5.74) is 0.607. The van der Waals surface area contributed by atoms with Crippen molar-refractivity contribution in [3.63, 3.8) is 0 Å². The summed E-state index contributed by atoms with van der Waals surface area (Å²) in [5.74, 6) is 3.65. The predicted molar refractivity (Wildman–Crippen MR) is 139 cm³/mol. The third-order valence-electron chi connectivity index (χ3n) is 8.93. The zero-order chi connectivity index (χ0) is 25.3. The summed E-state index contributed by atoms with van der Waals surface area (Å²) in [4.78, 5) is 23.2. The lowest BCUT2D eigenvalue weighted by molar-refractivity contribution is -0.336. The van der Waals surface area contributed by atoms with Crippen molar-refractivity contribution < 1.29 is 23.7 Å². The molecule has 0 amide bonds. The Labute approximate surface area is 217 Å². The van der Waals surface area contributed by atoms with E-state index in [9.17, 15) is 9.18 Å². The van der Waals surface area contributed by atoms with E-state index in [0.29, 0.717) is 12.2 Å². The standard InChI is InChI=1S/C31H45FO4/c1-22-5-12-26(13-6-22)27-14-9-24(10-15-27)4-3-19-34-31(33)29-18-11-25(20-30(29)32)21-35-36-28-16-7-23(2)8-17-28/h11,18,20,22,24,26-28H,2-10,12-17,19,21H2,1H3. The highest BCUT2D eigenvalue weighted by Crippen LogP contribution is 2.42. The van der Waals surface area contributed by atoms with Gasteiger partial charge in [-0.3, -0.25) is 0 Å². The fourth-order valence-corrected chi connectivity index (χ4v) is 6.43. The number of carbonyl (C=O) groups excluding carboxylic acids is 1. The molecule has 36 heavy (non-hydrogen) atoms. The van der Waals surface area contributed by atoms with Crippen LogP contribution in [0.1, 0.15) is 113 Å². The molecule has 0 spiro atoms. The van der Waals surface area contributed by atoms with Crippen molar-refractivity contribution in [1.82, 2.24) is 0 Å². The number of ether oxygens (including phenoxy) is 1. The Kier molecular flexibility index (Phi) is 10.5. The molecule has 0 heterocycles. The van der Waals surface area contributed by atoms with Crippen molar-refractivity contribution in [3.05, 3.63) is 48.0 Å². The van der Waals surface area contributed by atoms with Crippen LogP contribution in [0.5, 0.6) is 0 Å². The van der Waals surface area contributed by atoms with Crippen LogP contribution in [0, 0.1) is 42.3 Å². The molecule has 0 bridgehead atoms. The van der Waals surface area contributed by atoms with Crippen LogP contribution in [-0.4, -0.2) is 18.7 Å². The van der Waals surface area contributed by atoms with Crippen LogP contribution in [0.15, 0.2) is 18.2 Å². The van der Waals surface area contributed by atoms with Crippen LogP contribution in [-0.2, 0) is 21.1 Å². The summed E-state index contributed by atoms with van der Waals surface area (Å²) in [5, 5.41) is 0. The van der Waals surface area contributed by atoms with E-state index in [1.807, 2.05) is 0 Å². The molecule has 3 aliphatic rings. The van der Waals surface area contributed by atoms with Crippen molar-refractivity contribution in [2.24, 2.45) is 23.7 Å². The molecule has 4 nitrogen and oxygen atoms in total. The SMILES string of the molecule is [CH2-][C+]1CCC(OOCc2ccc(C(=O)OCCCC3CCC(C4CCC(C)CC4)CC3)c(F)c2)CC1. The summed E-state index contributed by atoms with van der Waals surface area (Å²) in [6.07, 6.45) is 16.8. The van der Waals surface area contributed by atoms with Gasteiger partial charge in [-0.1, -0.05) is 44.6 Å². The summed E-state index contributed by atoms with van der Waals surface area (Å²) < 4.78 is 19.9. The molecule has 0 aliphatic heterocycles. The molecule has 0 saturated heterocycles. The van der Waals surface area contributed by atoms with Crippen LogP contribution in [0.3, 0.4) is 0 Å². The molecule has 1 aromatic rings. The van der Waals surface area contributed by atoms with Crippen LogP contribution >= 0.6 is 0 Å². The maximum Gasteiger partial charge on any atom is 0.341 e. The number of benzene rings is 1. The Balaban J connectivity index is 1.09. The van der Waals surface area contributed by atoms with Gasteiger partial charge in [0.1, 0.15) is 18.5 Å². The third-order valence-corrected chi connectivity index (χ3v) is 8.93. The lowest BCUT2D eigenvalue weighted by Crippen LogP contribution is -2.25. The van der Waals surface area contributed by atoms with Gasteiger partial charge in [0.05, 0.1) is 25.0 Å². The Morgan fingerprint density at radius 2 is 1.67 bits per heavy atom. The number of hydrogen-bond acceptors (Lipinski definition) is 4. The minimum Gasteiger partial charge on any atom is -0.462 e. The largest absolute Gasteiger partial charge is 0.462 e. The molecule has 3 fully saturated rings. The second kappa shape index (κ2) is 13.8. The molecular formula is C31H45FO4. The second-order valence-electron chi connectivity index (χ2n) is 11.7. The van der Waals surface area contributed by atoms with E-state index in [2.05, 4.69) is 13.8 Å². The van der Waals surface area contributed by atoms with Crippen LogP contribution in [0.4, 0.5) is 4.39 Å². The van der Waals surface area contributed by atoms with Gasteiger partial charge in [-0.05, 0) is 79.9 Å². The highest BCUT2D eigenvalue weighted by molar-refractivity contribution is 5.89. The van der Waals surface area contributed by atoms with Crippen LogP contribution in [0.25, 0.3) is 0 Å². The van der Waals surface area contributed by atoms with Gasteiger partial charge in [0.2, 0.25) is 0 Å². The molecule has 1 aromatic carbocycles. The molecule has 4 rings (SSSR count). The van der Waals surface area contributed by atoms with Gasteiger partial charge in [-0.2, -0.15) is 0 Å². The van der Waals surface area contributed by atoms with Crippen LogP contribution in [0.2, 0.25) is 0 Å². The summed E-state index contributed by atoms with van der Waals surface area (Å²) in [6.45, 7) is 6.89. The first-order chi connectivity index (χ1) is 17.5. The van der Waals surface area contributed by atoms with Crippen molar-refractivity contribution in [2.75, 3.05) is 6.61 Å². The molecule has 3 aliphatic carbocycles. The van der Waals surface area contributed by atoms with Gasteiger partial charge in [0, 0.05) is 12.8 Å². The minimum absolute atomic E-state index is 0.0206. The molecule has 5 heteroatoms. The average Bonchev–Trinajstić information content (AvgIpc) is 2.89. The van der Waals surface area contributed by atoms with Crippen molar-refractivity contribution in [2.45, 2.75) is 110 Å². The van der Waals surface area contributed by atoms with Crippen LogP contribution < -0.4 is 0 Å². The Morgan fingerprint density at radius 1 is 1.00 bits per heavy atom. The lowest BCUT2D eigenvalue weighted by Gasteiger charge is -2.37. The molecule has 200 valence electrons. The Bertz CT molecular complexity index is 803. The maximum atomic E-state index is 14.5. The second-order valence-corrected chi connectivity index (χ2v) is 11.7. The van der Waals surface area contributed by atoms with Gasteiger partial charge in [-0.15, -0.1) is 6.92 Å². The lowest BCUT2D eigenvalue weighted by atomic mass is 9.69. The number of carbonyl (C=O) groups is 1. The Morgan fingerprint density at radius 3 is 2.33 bits per heavy atom. The van der Waals surface area contributed by atoms with E-state index < -0.39 is 11.8 Å². The maximum absolute atomic E-state index is 14.5. The smallest absolute Gasteiger partial charge is 0.341 e. The normalized spacial score (nSPS) is 27.7. The first-order valence-electron chi connectivity index (χ1n) is 14.4. The number of rotatable bonds is 10. The monoisotopic (exact) mass is 500 g/mol. The number of esters is 1. The molecule has 0 unspecified atom stereocenters. The third kappa shape index (κ3) is 8.21.